The zero-order valence-electron chi connectivity index (χ0n) is 18.4. The molecule has 7 heteroatoms. The lowest BCUT2D eigenvalue weighted by molar-refractivity contribution is -0.132. The number of pyridine rings is 1. The van der Waals surface area contributed by atoms with Crippen molar-refractivity contribution in [1.29, 1.82) is 0 Å². The van der Waals surface area contributed by atoms with E-state index in [0.717, 1.165) is 61.0 Å². The number of carbonyl (C=O) groups excluding carboxylic acids is 1. The van der Waals surface area contributed by atoms with Crippen LogP contribution < -0.4 is 4.74 Å². The molecule has 0 spiro atoms. The van der Waals surface area contributed by atoms with Crippen LogP contribution >= 0.6 is 0 Å². The highest BCUT2D eigenvalue weighted by Gasteiger charge is 2.44. The van der Waals surface area contributed by atoms with E-state index < -0.39 is 0 Å². The fourth-order valence-electron chi connectivity index (χ4n) is 4.66. The highest BCUT2D eigenvalue weighted by molar-refractivity contribution is 5.79. The maximum atomic E-state index is 12.9. The molecule has 0 atom stereocenters. The molecule has 0 radical (unpaired) electrons. The lowest BCUT2D eigenvalue weighted by atomic mass is 9.73. The number of rotatable bonds is 7. The molecule has 1 amide bonds. The van der Waals surface area contributed by atoms with Crippen LogP contribution in [0.15, 0.2) is 53.3 Å². The lowest BCUT2D eigenvalue weighted by Gasteiger charge is -2.40. The molecule has 0 N–H and O–H groups in total. The van der Waals surface area contributed by atoms with Gasteiger partial charge in [0.05, 0.1) is 13.5 Å². The molecule has 1 aromatic carbocycles. The van der Waals surface area contributed by atoms with E-state index in [2.05, 4.69) is 10.1 Å². The maximum absolute atomic E-state index is 12.9. The summed E-state index contributed by atoms with van der Waals surface area (Å²) < 4.78 is 10.8. The fourth-order valence-corrected chi connectivity index (χ4v) is 4.66. The van der Waals surface area contributed by atoms with E-state index in [1.54, 1.807) is 19.5 Å². The van der Waals surface area contributed by atoms with Crippen LogP contribution in [0, 0.1) is 5.92 Å². The van der Waals surface area contributed by atoms with Gasteiger partial charge in [-0.1, -0.05) is 30.1 Å². The van der Waals surface area contributed by atoms with Crippen LogP contribution in [0.1, 0.15) is 43.5 Å². The van der Waals surface area contributed by atoms with Gasteiger partial charge in [0.2, 0.25) is 5.91 Å². The van der Waals surface area contributed by atoms with Crippen LogP contribution in [-0.2, 0) is 16.6 Å². The molecular formula is C25H28N4O3. The molecule has 7 nitrogen and oxygen atoms in total. The van der Waals surface area contributed by atoms with Gasteiger partial charge in [-0.2, -0.15) is 4.98 Å². The number of benzene rings is 1. The molecule has 0 unspecified atom stereocenters. The normalized spacial score (nSPS) is 17.8. The second-order valence-electron chi connectivity index (χ2n) is 8.99. The number of aromatic nitrogens is 3. The second kappa shape index (κ2) is 8.73. The average molecular weight is 433 g/mol. The number of ether oxygens (including phenoxy) is 1. The van der Waals surface area contributed by atoms with E-state index in [9.17, 15) is 4.79 Å². The number of methoxy groups -OCH3 is 1. The number of hydrogen-bond donors (Lipinski definition) is 0. The maximum Gasteiger partial charge on any atom is 0.258 e. The van der Waals surface area contributed by atoms with Gasteiger partial charge in [0.1, 0.15) is 5.75 Å². The minimum atomic E-state index is -0.118. The summed E-state index contributed by atoms with van der Waals surface area (Å²) in [6, 6.07) is 11.5. The third-order valence-corrected chi connectivity index (χ3v) is 6.79. The molecule has 1 aliphatic heterocycles. The van der Waals surface area contributed by atoms with Crippen molar-refractivity contribution >= 4 is 5.91 Å². The van der Waals surface area contributed by atoms with Gasteiger partial charge in [-0.05, 0) is 55.0 Å². The van der Waals surface area contributed by atoms with Crippen LogP contribution in [0.2, 0.25) is 0 Å². The Morgan fingerprint density at radius 1 is 1.12 bits per heavy atom. The second-order valence-corrected chi connectivity index (χ2v) is 8.99. The number of piperidine rings is 1. The van der Waals surface area contributed by atoms with E-state index in [0.29, 0.717) is 12.3 Å². The third kappa shape index (κ3) is 4.38. The van der Waals surface area contributed by atoms with Crippen LogP contribution in [-0.4, -0.2) is 46.1 Å². The fraction of sp³-hybridized carbons (Fsp3) is 0.440. The van der Waals surface area contributed by atoms with Gasteiger partial charge in [-0.25, -0.2) is 0 Å². The summed E-state index contributed by atoms with van der Waals surface area (Å²) >= 11 is 0. The molecule has 5 rings (SSSR count). The van der Waals surface area contributed by atoms with Gasteiger partial charge in [0.25, 0.3) is 5.89 Å². The number of amides is 1. The molecular weight excluding hydrogens is 404 g/mol. The summed E-state index contributed by atoms with van der Waals surface area (Å²) in [6.45, 7) is 1.45. The van der Waals surface area contributed by atoms with Crippen molar-refractivity contribution in [3.8, 4) is 17.2 Å². The molecule has 0 bridgehead atoms. The Hall–Kier alpha value is -3.22. The smallest absolute Gasteiger partial charge is 0.258 e. The largest absolute Gasteiger partial charge is 0.497 e. The van der Waals surface area contributed by atoms with Crippen LogP contribution in [0.4, 0.5) is 0 Å². The molecule has 1 saturated heterocycles. The van der Waals surface area contributed by atoms with Gasteiger partial charge in [-0.3, -0.25) is 9.78 Å². The highest BCUT2D eigenvalue weighted by atomic mass is 16.5. The molecule has 1 saturated carbocycles. The Morgan fingerprint density at radius 3 is 2.50 bits per heavy atom. The Morgan fingerprint density at radius 2 is 1.84 bits per heavy atom. The summed E-state index contributed by atoms with van der Waals surface area (Å²) in [7, 11) is 1.64. The van der Waals surface area contributed by atoms with Crippen molar-refractivity contribution in [2.75, 3.05) is 20.2 Å². The van der Waals surface area contributed by atoms with Crippen molar-refractivity contribution < 1.29 is 14.1 Å². The van der Waals surface area contributed by atoms with Crippen molar-refractivity contribution in [3.63, 3.8) is 0 Å². The Bertz CT molecular complexity index is 1050. The minimum Gasteiger partial charge on any atom is -0.497 e. The van der Waals surface area contributed by atoms with Crippen molar-refractivity contribution in [3.05, 3.63) is 60.2 Å². The first-order chi connectivity index (χ1) is 15.6. The molecule has 3 heterocycles. The quantitative estimate of drug-likeness (QED) is 0.560. The molecule has 32 heavy (non-hydrogen) atoms. The standard InChI is InChI=1S/C25H28N4O3/c1-31-21-6-4-18(5-7-21)16-22(30)29-14-10-25(11-15-29,17-19-2-3-19)24-27-23(32-28-24)20-8-12-26-13-9-20/h4-9,12-13,19H,2-3,10-11,14-17H2,1H3. The van der Waals surface area contributed by atoms with Gasteiger partial charge in [0.15, 0.2) is 5.82 Å². The first-order valence-electron chi connectivity index (χ1n) is 11.3. The molecule has 166 valence electrons. The zero-order valence-corrected chi connectivity index (χ0v) is 18.4. The monoisotopic (exact) mass is 432 g/mol. The van der Waals surface area contributed by atoms with Crippen molar-refractivity contribution in [1.82, 2.24) is 20.0 Å². The van der Waals surface area contributed by atoms with Crippen molar-refractivity contribution in [2.24, 2.45) is 5.92 Å². The summed E-state index contributed by atoms with van der Waals surface area (Å²) in [4.78, 5) is 23.8. The average Bonchev–Trinajstić information content (AvgIpc) is 3.50. The predicted octanol–water partition coefficient (Wildman–Crippen LogP) is 4.04. The molecule has 1 aliphatic carbocycles. The number of carbonyl (C=O) groups is 1. The minimum absolute atomic E-state index is 0.118. The first-order valence-corrected chi connectivity index (χ1v) is 11.3. The number of hydrogen-bond acceptors (Lipinski definition) is 6. The highest BCUT2D eigenvalue weighted by Crippen LogP contribution is 2.46. The van der Waals surface area contributed by atoms with E-state index in [-0.39, 0.29) is 11.3 Å². The van der Waals surface area contributed by atoms with Gasteiger partial charge in [-0.15, -0.1) is 0 Å². The SMILES string of the molecule is COc1ccc(CC(=O)N2CCC(CC3CC3)(c3noc(-c4ccncc4)n3)CC2)cc1. The van der Waals surface area contributed by atoms with Crippen molar-refractivity contribution in [2.45, 2.75) is 43.9 Å². The van der Waals surface area contributed by atoms with Gasteiger partial charge in [0, 0.05) is 36.5 Å². The van der Waals surface area contributed by atoms with Crippen LogP contribution in [0.5, 0.6) is 5.75 Å². The van der Waals surface area contributed by atoms with Gasteiger partial charge < -0.3 is 14.2 Å². The summed E-state index contributed by atoms with van der Waals surface area (Å²) in [5, 5.41) is 4.40. The van der Waals surface area contributed by atoms with Crippen LogP contribution in [0.3, 0.4) is 0 Å². The Labute approximate surface area is 187 Å². The topological polar surface area (TPSA) is 81.4 Å². The Kier molecular flexibility index (Phi) is 5.64. The zero-order chi connectivity index (χ0) is 22.0. The van der Waals surface area contributed by atoms with E-state index in [1.165, 1.54) is 12.8 Å². The summed E-state index contributed by atoms with van der Waals surface area (Å²) in [5.41, 5.74) is 1.77. The van der Waals surface area contributed by atoms with E-state index in [4.69, 9.17) is 14.2 Å². The summed E-state index contributed by atoms with van der Waals surface area (Å²) in [6.07, 6.45) is 9.23. The first kappa shape index (κ1) is 20.7. The van der Waals surface area contributed by atoms with Crippen LogP contribution in [0.25, 0.3) is 11.5 Å². The molecule has 3 aromatic rings. The molecule has 2 fully saturated rings. The number of nitrogens with zero attached hydrogens (tertiary/aromatic N) is 4. The Balaban J connectivity index is 1.28. The molecule has 2 aromatic heterocycles. The summed E-state index contributed by atoms with van der Waals surface area (Å²) in [5.74, 6) is 3.03. The number of likely N-dealkylation sites (tertiary alicyclic amines) is 1. The van der Waals surface area contributed by atoms with Gasteiger partial charge >= 0.3 is 0 Å². The predicted molar refractivity (Wildman–Crippen MR) is 119 cm³/mol. The van der Waals surface area contributed by atoms with E-state index in [1.807, 2.05) is 41.3 Å². The molecule has 2 aliphatic rings. The lowest BCUT2D eigenvalue weighted by Crippen LogP contribution is -2.46. The third-order valence-electron chi connectivity index (χ3n) is 6.79. The van der Waals surface area contributed by atoms with E-state index >= 15 is 0 Å².